The predicted octanol–water partition coefficient (Wildman–Crippen LogP) is 3.23. The molecule has 1 N–H and O–H groups in total. The Morgan fingerprint density at radius 1 is 1.04 bits per heavy atom. The Morgan fingerprint density at radius 3 is 2.54 bits per heavy atom. The van der Waals surface area contributed by atoms with E-state index < -0.39 is 16.1 Å². The number of nitrogens with one attached hydrogen (secondary N) is 1. The molecule has 7 heteroatoms. The third-order valence-electron chi connectivity index (χ3n) is 4.79. The topological polar surface area (TPSA) is 66.5 Å². The molecule has 0 saturated carbocycles. The zero-order valence-corrected chi connectivity index (χ0v) is 16.7. The number of nitrogens with zero attached hydrogens (tertiary/aromatic N) is 1. The minimum absolute atomic E-state index is 0.209. The van der Waals surface area contributed by atoms with Crippen molar-refractivity contribution >= 4 is 33.0 Å². The largest absolute Gasteiger partial charge is 0.310 e. The summed E-state index contributed by atoms with van der Waals surface area (Å²) in [6.07, 6.45) is 1.07. The fourth-order valence-electron chi connectivity index (χ4n) is 3.45. The second-order valence-corrected chi connectivity index (χ2v) is 9.55. The van der Waals surface area contributed by atoms with Crippen LogP contribution in [0.4, 0.5) is 5.69 Å². The lowest BCUT2D eigenvalue weighted by Gasteiger charge is -2.25. The molecule has 1 aliphatic rings. The van der Waals surface area contributed by atoms with E-state index in [4.69, 9.17) is 0 Å². The summed E-state index contributed by atoms with van der Waals surface area (Å²) < 4.78 is 28.4. The first-order valence-electron chi connectivity index (χ1n) is 9.04. The number of para-hydroxylation sites is 1. The van der Waals surface area contributed by atoms with Crippen molar-refractivity contribution in [2.24, 2.45) is 0 Å². The lowest BCUT2D eigenvalue weighted by molar-refractivity contribution is -0.120. The summed E-state index contributed by atoms with van der Waals surface area (Å²) in [5.41, 5.74) is 2.87. The van der Waals surface area contributed by atoms with Gasteiger partial charge in [0, 0.05) is 12.2 Å². The van der Waals surface area contributed by atoms with Crippen LogP contribution in [0.5, 0.6) is 0 Å². The fourth-order valence-corrected chi connectivity index (χ4v) is 5.64. The molecular formula is C21H20N2O3S2. The van der Waals surface area contributed by atoms with Crippen molar-refractivity contribution < 1.29 is 13.2 Å². The van der Waals surface area contributed by atoms with Crippen LogP contribution in [-0.2, 0) is 27.7 Å². The number of thiophene rings is 1. The molecule has 144 valence electrons. The van der Waals surface area contributed by atoms with E-state index in [2.05, 4.69) is 4.72 Å². The average molecular weight is 413 g/mol. The summed E-state index contributed by atoms with van der Waals surface area (Å²) in [6, 6.07) is 19.6. The molecule has 0 saturated heterocycles. The van der Waals surface area contributed by atoms with Crippen LogP contribution in [0.25, 0.3) is 0 Å². The van der Waals surface area contributed by atoms with Gasteiger partial charge in [-0.25, -0.2) is 8.42 Å². The van der Waals surface area contributed by atoms with E-state index in [0.717, 1.165) is 34.6 Å². The van der Waals surface area contributed by atoms with Gasteiger partial charge in [-0.2, -0.15) is 4.72 Å². The molecule has 0 aliphatic carbocycles. The quantitative estimate of drug-likeness (QED) is 0.676. The number of anilines is 1. The first-order chi connectivity index (χ1) is 13.5. The van der Waals surface area contributed by atoms with E-state index in [9.17, 15) is 13.2 Å². The normalized spacial score (nSPS) is 14.6. The van der Waals surface area contributed by atoms with E-state index >= 15 is 0 Å². The van der Waals surface area contributed by atoms with Gasteiger partial charge in [-0.3, -0.25) is 4.79 Å². The number of sulfonamides is 1. The van der Waals surface area contributed by atoms with Gasteiger partial charge in [0.2, 0.25) is 5.91 Å². The molecule has 0 unspecified atom stereocenters. The Balaban J connectivity index is 1.64. The maximum absolute atomic E-state index is 13.4. The third-order valence-corrected chi connectivity index (χ3v) is 7.66. The van der Waals surface area contributed by atoms with Gasteiger partial charge in [0.15, 0.2) is 0 Å². The Hall–Kier alpha value is -2.48. The van der Waals surface area contributed by atoms with Crippen molar-refractivity contribution in [2.45, 2.75) is 23.1 Å². The van der Waals surface area contributed by atoms with E-state index in [1.165, 1.54) is 0 Å². The highest BCUT2D eigenvalue weighted by molar-refractivity contribution is 7.91. The van der Waals surface area contributed by atoms with Gasteiger partial charge >= 0.3 is 0 Å². The Morgan fingerprint density at radius 2 is 1.79 bits per heavy atom. The van der Waals surface area contributed by atoms with Crippen LogP contribution in [0.15, 0.2) is 76.3 Å². The first kappa shape index (κ1) is 18.9. The minimum atomic E-state index is -3.77. The lowest BCUT2D eigenvalue weighted by atomic mass is 10.1. The lowest BCUT2D eigenvalue weighted by Crippen LogP contribution is -2.49. The summed E-state index contributed by atoms with van der Waals surface area (Å²) in [4.78, 5) is 15.1. The fraction of sp³-hybridized carbons (Fsp3) is 0.190. The van der Waals surface area contributed by atoms with Gasteiger partial charge in [0.1, 0.15) is 10.3 Å². The van der Waals surface area contributed by atoms with E-state index in [0.29, 0.717) is 13.0 Å². The Bertz CT molecular complexity index is 1060. The van der Waals surface area contributed by atoms with Crippen molar-refractivity contribution in [3.8, 4) is 0 Å². The van der Waals surface area contributed by atoms with Crippen molar-refractivity contribution in [2.75, 3.05) is 11.4 Å². The highest BCUT2D eigenvalue weighted by Crippen LogP contribution is 2.28. The number of rotatable bonds is 6. The molecule has 1 amide bonds. The van der Waals surface area contributed by atoms with Gasteiger partial charge in [0.05, 0.1) is 0 Å². The summed E-state index contributed by atoms with van der Waals surface area (Å²) in [6.45, 7) is 0.560. The highest BCUT2D eigenvalue weighted by atomic mass is 32.2. The molecule has 3 aromatic rings. The molecule has 4 rings (SSSR count). The number of hydrogen-bond donors (Lipinski definition) is 1. The second-order valence-electron chi connectivity index (χ2n) is 6.66. The molecule has 0 radical (unpaired) electrons. The van der Waals surface area contributed by atoms with E-state index in [1.54, 1.807) is 22.4 Å². The van der Waals surface area contributed by atoms with Crippen molar-refractivity contribution in [3.05, 3.63) is 83.2 Å². The number of fused-ring (bicyclic) bond motifs is 1. The number of benzene rings is 2. The second kappa shape index (κ2) is 7.87. The summed E-state index contributed by atoms with van der Waals surface area (Å²) >= 11 is 1.14. The molecule has 2 heterocycles. The smallest absolute Gasteiger partial charge is 0.250 e. The van der Waals surface area contributed by atoms with Gasteiger partial charge in [-0.1, -0.05) is 54.6 Å². The van der Waals surface area contributed by atoms with E-state index in [-0.39, 0.29) is 10.1 Å². The molecule has 28 heavy (non-hydrogen) atoms. The number of amides is 1. The zero-order chi connectivity index (χ0) is 19.6. The maximum atomic E-state index is 13.4. The van der Waals surface area contributed by atoms with Crippen LogP contribution < -0.4 is 9.62 Å². The van der Waals surface area contributed by atoms with Crippen LogP contribution in [-0.4, -0.2) is 26.9 Å². The highest BCUT2D eigenvalue weighted by Gasteiger charge is 2.33. The van der Waals surface area contributed by atoms with Crippen LogP contribution in [0.2, 0.25) is 0 Å². The van der Waals surface area contributed by atoms with Crippen LogP contribution >= 0.6 is 11.3 Å². The number of hydrogen-bond acceptors (Lipinski definition) is 4. The summed E-state index contributed by atoms with van der Waals surface area (Å²) in [7, 11) is -3.77. The first-order valence-corrected chi connectivity index (χ1v) is 11.4. The van der Waals surface area contributed by atoms with Crippen molar-refractivity contribution in [3.63, 3.8) is 0 Å². The molecule has 2 aromatic carbocycles. The standard InChI is InChI=1S/C21H20N2O3S2/c24-21(23-13-12-17-9-4-5-10-19(17)23)18(15-16-7-2-1-3-8-16)22-28(25,26)20-11-6-14-27-20/h1-11,14,18,22H,12-13,15H2/t18-/m0/s1. The Labute approximate surface area is 168 Å². The number of carbonyl (C=O) groups excluding carboxylic acids is 1. The van der Waals surface area contributed by atoms with Crippen LogP contribution in [0.3, 0.4) is 0 Å². The minimum Gasteiger partial charge on any atom is -0.310 e. The molecule has 0 spiro atoms. The van der Waals surface area contributed by atoms with Gasteiger partial charge in [-0.05, 0) is 41.5 Å². The van der Waals surface area contributed by atoms with Crippen LogP contribution in [0.1, 0.15) is 11.1 Å². The summed E-state index contributed by atoms with van der Waals surface area (Å²) in [5.74, 6) is -0.228. The molecular weight excluding hydrogens is 392 g/mol. The molecule has 0 fully saturated rings. The van der Waals surface area contributed by atoms with Crippen molar-refractivity contribution in [1.29, 1.82) is 0 Å². The van der Waals surface area contributed by atoms with Gasteiger partial charge in [-0.15, -0.1) is 11.3 Å². The van der Waals surface area contributed by atoms with Crippen molar-refractivity contribution in [1.82, 2.24) is 4.72 Å². The maximum Gasteiger partial charge on any atom is 0.250 e. The SMILES string of the molecule is O=C([C@H](Cc1ccccc1)NS(=O)(=O)c1cccs1)N1CCc2ccccc21. The predicted molar refractivity (Wildman–Crippen MR) is 111 cm³/mol. The third kappa shape index (κ3) is 3.87. The summed E-state index contributed by atoms with van der Waals surface area (Å²) in [5, 5.41) is 1.71. The van der Waals surface area contributed by atoms with E-state index in [1.807, 2.05) is 54.6 Å². The molecule has 0 bridgehead atoms. The number of carbonyl (C=O) groups is 1. The monoisotopic (exact) mass is 412 g/mol. The van der Waals surface area contributed by atoms with Gasteiger partial charge in [0.25, 0.3) is 10.0 Å². The zero-order valence-electron chi connectivity index (χ0n) is 15.1. The molecule has 5 nitrogen and oxygen atoms in total. The molecule has 1 aromatic heterocycles. The average Bonchev–Trinajstić information content (AvgIpc) is 3.38. The molecule has 1 atom stereocenters. The van der Waals surface area contributed by atoms with Gasteiger partial charge < -0.3 is 4.90 Å². The molecule has 1 aliphatic heterocycles. The Kier molecular flexibility index (Phi) is 5.30. The van der Waals surface area contributed by atoms with Crippen LogP contribution in [0, 0.1) is 0 Å².